The first-order chi connectivity index (χ1) is 13.8. The SMILES string of the molecule is O=C(NC1COC2C1OCC2n1cc(CC2CCCCC2)nn1)C1=CCN=C1. The summed E-state index contributed by atoms with van der Waals surface area (Å²) in [5, 5.41) is 11.8. The Hall–Kier alpha value is -2.06. The lowest BCUT2D eigenvalue weighted by Crippen LogP contribution is -2.44. The van der Waals surface area contributed by atoms with Gasteiger partial charge < -0.3 is 14.8 Å². The molecule has 1 aromatic rings. The normalized spacial score (nSPS) is 32.5. The van der Waals surface area contributed by atoms with E-state index in [0.717, 1.165) is 18.0 Å². The van der Waals surface area contributed by atoms with E-state index >= 15 is 0 Å². The Morgan fingerprint density at radius 1 is 1.18 bits per heavy atom. The largest absolute Gasteiger partial charge is 0.371 e. The second-order valence-electron chi connectivity index (χ2n) is 8.29. The zero-order chi connectivity index (χ0) is 18.9. The molecule has 8 nitrogen and oxygen atoms in total. The predicted octanol–water partition coefficient (Wildman–Crippen LogP) is 1.24. The number of rotatable bonds is 5. The Morgan fingerprint density at radius 3 is 2.86 bits per heavy atom. The number of nitrogens with one attached hydrogen (secondary N) is 1. The first kappa shape index (κ1) is 18.0. The van der Waals surface area contributed by atoms with E-state index < -0.39 is 0 Å². The van der Waals surface area contributed by atoms with Crippen LogP contribution in [0.3, 0.4) is 0 Å². The molecule has 2 saturated heterocycles. The second kappa shape index (κ2) is 7.75. The van der Waals surface area contributed by atoms with Crippen LogP contribution in [0.4, 0.5) is 0 Å². The molecule has 1 saturated carbocycles. The van der Waals surface area contributed by atoms with Crippen LogP contribution in [0.2, 0.25) is 0 Å². The number of aliphatic imine (C=N–C) groups is 1. The van der Waals surface area contributed by atoms with E-state index in [-0.39, 0.29) is 30.2 Å². The number of carbonyl (C=O) groups excluding carboxylic acids is 1. The molecule has 1 N–H and O–H groups in total. The number of fused-ring (bicyclic) bond motifs is 1. The van der Waals surface area contributed by atoms with Crippen molar-refractivity contribution in [3.05, 3.63) is 23.5 Å². The van der Waals surface area contributed by atoms with Gasteiger partial charge in [0.15, 0.2) is 0 Å². The summed E-state index contributed by atoms with van der Waals surface area (Å²) in [5.41, 5.74) is 1.67. The third kappa shape index (κ3) is 3.51. The zero-order valence-corrected chi connectivity index (χ0v) is 16.0. The van der Waals surface area contributed by atoms with Crippen LogP contribution in [-0.2, 0) is 20.7 Å². The maximum Gasteiger partial charge on any atom is 0.252 e. The molecule has 3 fully saturated rings. The van der Waals surface area contributed by atoms with E-state index in [1.807, 2.05) is 10.8 Å². The molecular formula is C20H27N5O3. The van der Waals surface area contributed by atoms with E-state index in [1.165, 1.54) is 32.1 Å². The third-order valence-corrected chi connectivity index (χ3v) is 6.37. The van der Waals surface area contributed by atoms with Crippen molar-refractivity contribution in [3.63, 3.8) is 0 Å². The molecule has 4 unspecified atom stereocenters. The molecule has 8 heteroatoms. The molecule has 5 rings (SSSR count). The van der Waals surface area contributed by atoms with Gasteiger partial charge in [0.25, 0.3) is 5.91 Å². The van der Waals surface area contributed by atoms with Gasteiger partial charge in [0.05, 0.1) is 37.1 Å². The summed E-state index contributed by atoms with van der Waals surface area (Å²) >= 11 is 0. The monoisotopic (exact) mass is 385 g/mol. The Morgan fingerprint density at radius 2 is 2.04 bits per heavy atom. The first-order valence-electron chi connectivity index (χ1n) is 10.4. The molecule has 1 amide bonds. The zero-order valence-electron chi connectivity index (χ0n) is 16.0. The van der Waals surface area contributed by atoms with Crippen LogP contribution >= 0.6 is 0 Å². The maximum atomic E-state index is 12.3. The van der Waals surface area contributed by atoms with Gasteiger partial charge in [-0.2, -0.15) is 0 Å². The van der Waals surface area contributed by atoms with Gasteiger partial charge in [0, 0.05) is 12.4 Å². The Kier molecular flexibility index (Phi) is 4.98. The molecule has 28 heavy (non-hydrogen) atoms. The van der Waals surface area contributed by atoms with Crippen LogP contribution in [0, 0.1) is 5.92 Å². The van der Waals surface area contributed by atoms with Gasteiger partial charge in [-0.25, -0.2) is 4.68 Å². The van der Waals surface area contributed by atoms with Gasteiger partial charge >= 0.3 is 0 Å². The lowest BCUT2D eigenvalue weighted by molar-refractivity contribution is -0.118. The summed E-state index contributed by atoms with van der Waals surface area (Å²) in [7, 11) is 0. The summed E-state index contributed by atoms with van der Waals surface area (Å²) in [6.07, 6.45) is 12.9. The van der Waals surface area contributed by atoms with Crippen LogP contribution in [0.1, 0.15) is 43.8 Å². The number of hydrogen-bond donors (Lipinski definition) is 1. The van der Waals surface area contributed by atoms with Crippen molar-refractivity contribution in [2.45, 2.75) is 62.8 Å². The smallest absolute Gasteiger partial charge is 0.252 e. The molecule has 0 radical (unpaired) electrons. The van der Waals surface area contributed by atoms with E-state index in [9.17, 15) is 4.79 Å². The van der Waals surface area contributed by atoms with Crippen LogP contribution in [-0.4, -0.2) is 65.1 Å². The van der Waals surface area contributed by atoms with Gasteiger partial charge in [0.1, 0.15) is 18.2 Å². The second-order valence-corrected chi connectivity index (χ2v) is 8.29. The molecule has 150 valence electrons. The van der Waals surface area contributed by atoms with Crippen LogP contribution in [0.5, 0.6) is 0 Å². The third-order valence-electron chi connectivity index (χ3n) is 6.37. The molecule has 3 aliphatic heterocycles. The molecule has 0 aromatic carbocycles. The Balaban J connectivity index is 1.20. The highest BCUT2D eigenvalue weighted by Crippen LogP contribution is 2.34. The highest BCUT2D eigenvalue weighted by molar-refractivity contribution is 6.13. The fourth-order valence-electron chi connectivity index (χ4n) is 4.84. The van der Waals surface area contributed by atoms with E-state index in [2.05, 4.69) is 26.8 Å². The van der Waals surface area contributed by atoms with Crippen molar-refractivity contribution in [2.75, 3.05) is 19.8 Å². The molecule has 4 atom stereocenters. The standard InChI is InChI=1S/C20H27N5O3/c26-20(14-6-7-21-9-14)22-16-11-27-19-17(12-28-18(16)19)25-10-15(23-24-25)8-13-4-2-1-3-5-13/h6,9-10,13,16-19H,1-5,7-8,11-12H2,(H,22,26). The fraction of sp³-hybridized carbons (Fsp3) is 0.700. The molecule has 4 aliphatic rings. The minimum absolute atomic E-state index is 0.00627. The van der Waals surface area contributed by atoms with E-state index in [1.54, 1.807) is 6.21 Å². The number of ether oxygens (including phenoxy) is 2. The minimum atomic E-state index is -0.154. The Bertz CT molecular complexity index is 783. The Labute approximate surface area is 164 Å². The molecule has 4 heterocycles. The van der Waals surface area contributed by atoms with Gasteiger partial charge in [-0.1, -0.05) is 37.3 Å². The van der Waals surface area contributed by atoms with Crippen LogP contribution in [0.15, 0.2) is 22.8 Å². The summed E-state index contributed by atoms with van der Waals surface area (Å²) in [6.45, 7) is 1.55. The van der Waals surface area contributed by atoms with Crippen molar-refractivity contribution in [1.29, 1.82) is 0 Å². The number of aromatic nitrogens is 3. The van der Waals surface area contributed by atoms with Crippen LogP contribution < -0.4 is 5.32 Å². The number of amides is 1. The van der Waals surface area contributed by atoms with Crippen molar-refractivity contribution >= 4 is 12.1 Å². The number of hydrogen-bond acceptors (Lipinski definition) is 6. The molecule has 1 aliphatic carbocycles. The van der Waals surface area contributed by atoms with E-state index in [4.69, 9.17) is 9.47 Å². The summed E-state index contributed by atoms with van der Waals surface area (Å²) in [6, 6.07) is -0.144. The first-order valence-corrected chi connectivity index (χ1v) is 10.4. The minimum Gasteiger partial charge on any atom is -0.371 e. The highest BCUT2D eigenvalue weighted by atomic mass is 16.6. The van der Waals surface area contributed by atoms with Crippen molar-refractivity contribution in [1.82, 2.24) is 20.3 Å². The lowest BCUT2D eigenvalue weighted by atomic mass is 9.86. The maximum absolute atomic E-state index is 12.3. The lowest BCUT2D eigenvalue weighted by Gasteiger charge is -2.20. The summed E-state index contributed by atoms with van der Waals surface area (Å²) < 4.78 is 13.9. The molecule has 0 spiro atoms. The van der Waals surface area contributed by atoms with Crippen molar-refractivity contribution in [2.24, 2.45) is 10.9 Å². The van der Waals surface area contributed by atoms with E-state index in [0.29, 0.717) is 25.3 Å². The fourth-order valence-corrected chi connectivity index (χ4v) is 4.84. The quantitative estimate of drug-likeness (QED) is 0.823. The summed E-state index contributed by atoms with van der Waals surface area (Å²) in [5.74, 6) is 0.625. The molecular weight excluding hydrogens is 358 g/mol. The highest BCUT2D eigenvalue weighted by Gasteiger charge is 2.49. The molecule has 1 aromatic heterocycles. The van der Waals surface area contributed by atoms with Crippen LogP contribution in [0.25, 0.3) is 0 Å². The van der Waals surface area contributed by atoms with Gasteiger partial charge in [0.2, 0.25) is 0 Å². The molecule has 0 bridgehead atoms. The average molecular weight is 385 g/mol. The average Bonchev–Trinajstić information content (AvgIpc) is 3.49. The van der Waals surface area contributed by atoms with Crippen molar-refractivity contribution < 1.29 is 14.3 Å². The van der Waals surface area contributed by atoms with Gasteiger partial charge in [-0.05, 0) is 18.4 Å². The van der Waals surface area contributed by atoms with Crippen molar-refractivity contribution in [3.8, 4) is 0 Å². The number of nitrogens with zero attached hydrogens (tertiary/aromatic N) is 4. The topological polar surface area (TPSA) is 90.6 Å². The summed E-state index contributed by atoms with van der Waals surface area (Å²) in [4.78, 5) is 16.4. The number of carbonyl (C=O) groups is 1. The van der Waals surface area contributed by atoms with Gasteiger partial charge in [-0.3, -0.25) is 9.79 Å². The predicted molar refractivity (Wildman–Crippen MR) is 102 cm³/mol. The van der Waals surface area contributed by atoms with Gasteiger partial charge in [-0.15, -0.1) is 5.10 Å².